The highest BCUT2D eigenvalue weighted by Gasteiger charge is 2.33. The molecule has 2 aromatic rings. The highest BCUT2D eigenvalue weighted by Crippen LogP contribution is 2.26. The summed E-state index contributed by atoms with van der Waals surface area (Å²) in [6, 6.07) is 11.0. The molecule has 0 aliphatic carbocycles. The minimum Gasteiger partial charge on any atom is -0.368 e. The summed E-state index contributed by atoms with van der Waals surface area (Å²) in [5.41, 5.74) is 6.32. The van der Waals surface area contributed by atoms with Gasteiger partial charge in [-0.15, -0.1) is 0 Å². The van der Waals surface area contributed by atoms with Crippen LogP contribution in [0.3, 0.4) is 0 Å². The van der Waals surface area contributed by atoms with Gasteiger partial charge in [-0.25, -0.2) is 8.42 Å². The van der Waals surface area contributed by atoms with E-state index in [1.807, 2.05) is 26.0 Å². The average Bonchev–Trinajstić information content (AvgIpc) is 2.71. The second-order valence-corrected chi connectivity index (χ2v) is 10.4. The predicted octanol–water partition coefficient (Wildman–Crippen LogP) is 3.42. The maximum absolute atomic E-state index is 13.3. The van der Waals surface area contributed by atoms with Crippen LogP contribution in [-0.4, -0.2) is 57.7 Å². The zero-order valence-corrected chi connectivity index (χ0v) is 20.2. The number of anilines is 2. The number of aryl methyl sites for hydroxylation is 3. The third-order valence-corrected chi connectivity index (χ3v) is 7.56. The monoisotopic (exact) mass is 443 g/mol. The number of nitrogens with zero attached hydrogens (tertiary/aromatic N) is 3. The summed E-state index contributed by atoms with van der Waals surface area (Å²) >= 11 is 0. The second-order valence-electron chi connectivity index (χ2n) is 8.53. The van der Waals surface area contributed by atoms with Crippen molar-refractivity contribution in [3.8, 4) is 0 Å². The van der Waals surface area contributed by atoms with Gasteiger partial charge in [0, 0.05) is 31.9 Å². The molecule has 0 aromatic heterocycles. The number of benzene rings is 2. The van der Waals surface area contributed by atoms with Gasteiger partial charge in [0.05, 0.1) is 11.9 Å². The number of piperazine rings is 1. The summed E-state index contributed by atoms with van der Waals surface area (Å²) in [6.45, 7) is 12.4. The Morgan fingerprint density at radius 1 is 0.935 bits per heavy atom. The van der Waals surface area contributed by atoms with E-state index in [1.165, 1.54) is 21.1 Å². The fraction of sp³-hybridized carbons (Fsp3) is 0.458. The summed E-state index contributed by atoms with van der Waals surface area (Å²) in [7, 11) is -3.62. The third kappa shape index (κ3) is 4.87. The van der Waals surface area contributed by atoms with Crippen molar-refractivity contribution < 1.29 is 13.2 Å². The van der Waals surface area contributed by atoms with Gasteiger partial charge < -0.3 is 9.80 Å². The van der Waals surface area contributed by atoms with Crippen LogP contribution >= 0.6 is 0 Å². The first-order chi connectivity index (χ1) is 14.5. The topological polar surface area (TPSA) is 60.9 Å². The summed E-state index contributed by atoms with van der Waals surface area (Å²) < 4.78 is 26.5. The molecule has 0 unspecified atom stereocenters. The first kappa shape index (κ1) is 23.1. The van der Waals surface area contributed by atoms with E-state index in [4.69, 9.17) is 0 Å². The Labute approximate surface area is 186 Å². The van der Waals surface area contributed by atoms with Gasteiger partial charge in [-0.1, -0.05) is 18.2 Å². The van der Waals surface area contributed by atoms with Gasteiger partial charge in [0.25, 0.3) is 0 Å². The van der Waals surface area contributed by atoms with Crippen molar-refractivity contribution in [2.75, 3.05) is 41.6 Å². The third-order valence-electron chi connectivity index (χ3n) is 6.32. The number of sulfonamides is 1. The maximum atomic E-state index is 13.3. The van der Waals surface area contributed by atoms with Crippen LogP contribution in [0.1, 0.15) is 29.2 Å². The molecule has 1 aliphatic rings. The van der Waals surface area contributed by atoms with Crippen molar-refractivity contribution in [3.63, 3.8) is 0 Å². The highest BCUT2D eigenvalue weighted by atomic mass is 32.2. The molecule has 0 saturated carbocycles. The number of carbonyl (C=O) groups excluding carboxylic acids is 1. The van der Waals surface area contributed by atoms with Crippen LogP contribution in [0.5, 0.6) is 0 Å². The normalized spacial score (nSPS) is 15.7. The molecule has 7 heteroatoms. The number of rotatable bonds is 5. The molecule has 6 nitrogen and oxygen atoms in total. The van der Waals surface area contributed by atoms with E-state index in [-0.39, 0.29) is 5.91 Å². The van der Waals surface area contributed by atoms with E-state index in [0.717, 1.165) is 30.5 Å². The van der Waals surface area contributed by atoms with Gasteiger partial charge in [0.1, 0.15) is 6.04 Å². The Morgan fingerprint density at radius 2 is 1.58 bits per heavy atom. The largest absolute Gasteiger partial charge is 0.368 e. The van der Waals surface area contributed by atoms with Crippen LogP contribution in [0.2, 0.25) is 0 Å². The molecule has 1 heterocycles. The standard InChI is InChI=1S/C24H33N3O3S/c1-17-10-11-22(16-19(17)3)27(31(6,29)30)21(5)24(28)26-14-12-25(13-15-26)23-9-7-8-18(2)20(23)4/h7-11,16,21H,12-15H2,1-6H3/t21-/m0/s1. The van der Waals surface area contributed by atoms with E-state index in [1.54, 1.807) is 17.9 Å². The fourth-order valence-electron chi connectivity index (χ4n) is 4.18. The summed E-state index contributed by atoms with van der Waals surface area (Å²) in [4.78, 5) is 17.4. The molecule has 0 radical (unpaired) electrons. The molecular weight excluding hydrogens is 410 g/mol. The fourth-order valence-corrected chi connectivity index (χ4v) is 5.34. The number of hydrogen-bond acceptors (Lipinski definition) is 4. The molecule has 1 saturated heterocycles. The smallest absolute Gasteiger partial charge is 0.246 e. The average molecular weight is 444 g/mol. The molecule has 1 aliphatic heterocycles. The van der Waals surface area contributed by atoms with E-state index in [2.05, 4.69) is 36.9 Å². The van der Waals surface area contributed by atoms with Crippen molar-refractivity contribution in [3.05, 3.63) is 58.7 Å². The lowest BCUT2D eigenvalue weighted by atomic mass is 10.1. The minimum absolute atomic E-state index is 0.163. The maximum Gasteiger partial charge on any atom is 0.246 e. The van der Waals surface area contributed by atoms with Crippen LogP contribution in [0, 0.1) is 27.7 Å². The Hall–Kier alpha value is -2.54. The molecule has 1 fully saturated rings. The van der Waals surface area contributed by atoms with Crippen molar-refractivity contribution in [1.82, 2.24) is 4.90 Å². The van der Waals surface area contributed by atoms with Gasteiger partial charge in [0.2, 0.25) is 15.9 Å². The van der Waals surface area contributed by atoms with Crippen molar-refractivity contribution in [2.45, 2.75) is 40.7 Å². The second kappa shape index (κ2) is 8.91. The summed E-state index contributed by atoms with van der Waals surface area (Å²) in [6.07, 6.45) is 1.16. The van der Waals surface area contributed by atoms with Gasteiger partial charge >= 0.3 is 0 Å². The molecule has 0 bridgehead atoms. The van der Waals surface area contributed by atoms with Crippen molar-refractivity contribution >= 4 is 27.3 Å². The molecule has 0 spiro atoms. The molecule has 3 rings (SSSR count). The van der Waals surface area contributed by atoms with E-state index < -0.39 is 16.1 Å². The lowest BCUT2D eigenvalue weighted by Gasteiger charge is -2.39. The number of carbonyl (C=O) groups is 1. The SMILES string of the molecule is Cc1ccc(N([C@@H](C)C(=O)N2CCN(c3cccc(C)c3C)CC2)S(C)(=O)=O)cc1C. The number of hydrogen-bond donors (Lipinski definition) is 0. The lowest BCUT2D eigenvalue weighted by Crippen LogP contribution is -2.55. The lowest BCUT2D eigenvalue weighted by molar-refractivity contribution is -0.132. The number of amides is 1. The van der Waals surface area contributed by atoms with Crippen LogP contribution in [0.25, 0.3) is 0 Å². The van der Waals surface area contributed by atoms with Crippen molar-refractivity contribution in [1.29, 1.82) is 0 Å². The quantitative estimate of drug-likeness (QED) is 0.710. The van der Waals surface area contributed by atoms with Crippen LogP contribution in [0.4, 0.5) is 11.4 Å². The summed E-state index contributed by atoms with van der Waals surface area (Å²) in [5, 5.41) is 0. The van der Waals surface area contributed by atoms with Crippen LogP contribution in [0.15, 0.2) is 36.4 Å². The first-order valence-electron chi connectivity index (χ1n) is 10.7. The Bertz CT molecular complexity index is 1070. The highest BCUT2D eigenvalue weighted by molar-refractivity contribution is 7.92. The van der Waals surface area contributed by atoms with Crippen LogP contribution < -0.4 is 9.21 Å². The molecular formula is C24H33N3O3S. The molecule has 2 aromatic carbocycles. The van der Waals surface area contributed by atoms with Gasteiger partial charge in [-0.05, 0) is 75.1 Å². The van der Waals surface area contributed by atoms with E-state index in [0.29, 0.717) is 18.8 Å². The van der Waals surface area contributed by atoms with Crippen molar-refractivity contribution in [2.24, 2.45) is 0 Å². The van der Waals surface area contributed by atoms with Gasteiger partial charge in [-0.3, -0.25) is 9.10 Å². The predicted molar refractivity (Wildman–Crippen MR) is 127 cm³/mol. The minimum atomic E-state index is -3.62. The zero-order valence-electron chi connectivity index (χ0n) is 19.3. The molecule has 0 N–H and O–H groups in total. The van der Waals surface area contributed by atoms with Gasteiger partial charge in [-0.2, -0.15) is 0 Å². The van der Waals surface area contributed by atoms with E-state index >= 15 is 0 Å². The molecule has 31 heavy (non-hydrogen) atoms. The Kier molecular flexibility index (Phi) is 6.65. The molecule has 1 atom stereocenters. The summed E-state index contributed by atoms with van der Waals surface area (Å²) in [5.74, 6) is -0.163. The Balaban J connectivity index is 1.77. The molecule has 168 valence electrons. The van der Waals surface area contributed by atoms with Gasteiger partial charge in [0.15, 0.2) is 0 Å². The first-order valence-corrected chi connectivity index (χ1v) is 12.5. The van der Waals surface area contributed by atoms with E-state index in [9.17, 15) is 13.2 Å². The molecule has 1 amide bonds. The van der Waals surface area contributed by atoms with Crippen LogP contribution in [-0.2, 0) is 14.8 Å². The zero-order chi connectivity index (χ0) is 22.9. The Morgan fingerprint density at radius 3 is 2.16 bits per heavy atom.